The zero-order valence-corrected chi connectivity index (χ0v) is 16.3. The van der Waals surface area contributed by atoms with Crippen LogP contribution in [0.1, 0.15) is 16.7 Å². The summed E-state index contributed by atoms with van der Waals surface area (Å²) in [5.74, 6) is 1.15. The van der Waals surface area contributed by atoms with Crippen molar-refractivity contribution >= 4 is 27.7 Å². The number of anilines is 1. The smallest absolute Gasteiger partial charge is 0.263 e. The first-order valence-electron chi connectivity index (χ1n) is 8.27. The molecule has 1 N–H and O–H groups in total. The predicted octanol–water partition coefficient (Wildman–Crippen LogP) is 4.33. The van der Waals surface area contributed by atoms with Gasteiger partial charge in [0.25, 0.3) is 5.91 Å². The van der Waals surface area contributed by atoms with E-state index in [2.05, 4.69) is 26.3 Å². The van der Waals surface area contributed by atoms with Gasteiger partial charge >= 0.3 is 0 Å². The van der Waals surface area contributed by atoms with Crippen molar-refractivity contribution in [3.63, 3.8) is 0 Å². The first-order valence-corrected chi connectivity index (χ1v) is 9.07. The summed E-state index contributed by atoms with van der Waals surface area (Å²) in [4.78, 5) is 12.2. The Kier molecular flexibility index (Phi) is 5.73. The maximum Gasteiger partial charge on any atom is 0.263 e. The van der Waals surface area contributed by atoms with E-state index in [4.69, 9.17) is 4.74 Å². The highest BCUT2D eigenvalue weighted by Crippen LogP contribution is 2.19. The molecule has 0 aliphatic heterocycles. The number of hydrogen-bond donors (Lipinski definition) is 1. The number of nitrogens with zero attached hydrogens (tertiary/aromatic N) is 2. The largest absolute Gasteiger partial charge is 0.483 e. The predicted molar refractivity (Wildman–Crippen MR) is 106 cm³/mol. The van der Waals surface area contributed by atoms with Crippen LogP contribution in [0.15, 0.2) is 59.2 Å². The van der Waals surface area contributed by atoms with Gasteiger partial charge < -0.3 is 10.1 Å². The molecule has 0 bridgehead atoms. The van der Waals surface area contributed by atoms with E-state index in [-0.39, 0.29) is 12.5 Å². The molecule has 1 aromatic heterocycles. The van der Waals surface area contributed by atoms with Crippen molar-refractivity contribution in [1.82, 2.24) is 9.78 Å². The Bertz CT molecular complexity index is 904. The van der Waals surface area contributed by atoms with Crippen LogP contribution in [0.3, 0.4) is 0 Å². The summed E-state index contributed by atoms with van der Waals surface area (Å²) in [6.07, 6.45) is 1.67. The third-order valence-electron chi connectivity index (χ3n) is 3.93. The van der Waals surface area contributed by atoms with Crippen LogP contribution >= 0.6 is 15.9 Å². The number of ether oxygens (including phenoxy) is 1. The number of carbonyl (C=O) groups is 1. The molecule has 26 heavy (non-hydrogen) atoms. The molecular formula is C20H20BrN3O2. The third-order valence-corrected chi connectivity index (χ3v) is 4.46. The SMILES string of the molecule is Cc1ccc(C)c(OCC(=O)Nc2ccnn2Cc2ccc(Br)cc2)c1. The number of aromatic nitrogens is 2. The molecule has 0 atom stereocenters. The molecular weight excluding hydrogens is 394 g/mol. The molecule has 5 nitrogen and oxygen atoms in total. The van der Waals surface area contributed by atoms with Gasteiger partial charge in [-0.1, -0.05) is 40.2 Å². The third kappa shape index (κ3) is 4.73. The first-order chi connectivity index (χ1) is 12.5. The van der Waals surface area contributed by atoms with Crippen LogP contribution in [0.5, 0.6) is 5.75 Å². The standard InChI is InChI=1S/C20H20BrN3O2/c1-14-3-4-15(2)18(11-14)26-13-20(25)23-19-9-10-22-24(19)12-16-5-7-17(21)8-6-16/h3-11H,12-13H2,1-2H3,(H,23,25). The van der Waals surface area contributed by atoms with E-state index in [1.807, 2.05) is 56.3 Å². The quantitative estimate of drug-likeness (QED) is 0.654. The maximum atomic E-state index is 12.2. The van der Waals surface area contributed by atoms with Crippen molar-refractivity contribution in [3.05, 3.63) is 75.9 Å². The molecule has 0 unspecified atom stereocenters. The maximum absolute atomic E-state index is 12.2. The Balaban J connectivity index is 1.60. The molecule has 1 amide bonds. The monoisotopic (exact) mass is 413 g/mol. The number of rotatable bonds is 6. The van der Waals surface area contributed by atoms with Crippen LogP contribution in [0.25, 0.3) is 0 Å². The number of hydrogen-bond acceptors (Lipinski definition) is 3. The van der Waals surface area contributed by atoms with Crippen molar-refractivity contribution in [2.24, 2.45) is 0 Å². The number of carbonyl (C=O) groups excluding carboxylic acids is 1. The van der Waals surface area contributed by atoms with Gasteiger partial charge in [0, 0.05) is 10.5 Å². The molecule has 3 aromatic rings. The lowest BCUT2D eigenvalue weighted by atomic mass is 10.1. The summed E-state index contributed by atoms with van der Waals surface area (Å²) in [5, 5.41) is 7.13. The van der Waals surface area contributed by atoms with Gasteiger partial charge in [-0.2, -0.15) is 5.10 Å². The molecule has 0 saturated carbocycles. The van der Waals surface area contributed by atoms with Gasteiger partial charge in [0.1, 0.15) is 11.6 Å². The fourth-order valence-corrected chi connectivity index (χ4v) is 2.78. The minimum atomic E-state index is -0.219. The van der Waals surface area contributed by atoms with Gasteiger partial charge in [-0.05, 0) is 48.7 Å². The average molecular weight is 414 g/mol. The Labute approximate surface area is 161 Å². The molecule has 0 radical (unpaired) electrons. The van der Waals surface area contributed by atoms with Crippen molar-refractivity contribution in [2.45, 2.75) is 20.4 Å². The molecule has 0 aliphatic carbocycles. The van der Waals surface area contributed by atoms with Gasteiger partial charge in [-0.3, -0.25) is 4.79 Å². The van der Waals surface area contributed by atoms with E-state index >= 15 is 0 Å². The summed E-state index contributed by atoms with van der Waals surface area (Å²) in [7, 11) is 0. The van der Waals surface area contributed by atoms with E-state index in [1.54, 1.807) is 16.9 Å². The van der Waals surface area contributed by atoms with E-state index < -0.39 is 0 Å². The van der Waals surface area contributed by atoms with Crippen LogP contribution in [-0.2, 0) is 11.3 Å². The second-order valence-electron chi connectivity index (χ2n) is 6.11. The molecule has 0 aliphatic rings. The lowest BCUT2D eigenvalue weighted by Gasteiger charge is -2.11. The molecule has 6 heteroatoms. The topological polar surface area (TPSA) is 56.1 Å². The van der Waals surface area contributed by atoms with Crippen molar-refractivity contribution in [2.75, 3.05) is 11.9 Å². The zero-order valence-electron chi connectivity index (χ0n) is 14.7. The Morgan fingerprint density at radius 2 is 1.92 bits per heavy atom. The van der Waals surface area contributed by atoms with Crippen LogP contribution in [-0.4, -0.2) is 22.3 Å². The summed E-state index contributed by atoms with van der Waals surface area (Å²) in [5.41, 5.74) is 3.20. The second-order valence-corrected chi connectivity index (χ2v) is 7.02. The number of benzene rings is 2. The molecule has 1 heterocycles. The van der Waals surface area contributed by atoms with Crippen molar-refractivity contribution < 1.29 is 9.53 Å². The highest BCUT2D eigenvalue weighted by molar-refractivity contribution is 9.10. The number of halogens is 1. The average Bonchev–Trinajstić information content (AvgIpc) is 3.04. The molecule has 0 spiro atoms. The lowest BCUT2D eigenvalue weighted by Crippen LogP contribution is -2.22. The minimum absolute atomic E-state index is 0.0479. The van der Waals surface area contributed by atoms with Crippen LogP contribution in [0.2, 0.25) is 0 Å². The molecule has 3 rings (SSSR count). The summed E-state index contributed by atoms with van der Waals surface area (Å²) in [6, 6.07) is 15.7. The number of amides is 1. The van der Waals surface area contributed by atoms with E-state index in [9.17, 15) is 4.79 Å². The van der Waals surface area contributed by atoms with Gasteiger partial charge in [0.05, 0.1) is 12.7 Å². The number of nitrogens with one attached hydrogen (secondary N) is 1. The Morgan fingerprint density at radius 3 is 2.69 bits per heavy atom. The summed E-state index contributed by atoms with van der Waals surface area (Å²) in [6.45, 7) is 4.48. The van der Waals surface area contributed by atoms with E-state index in [0.29, 0.717) is 12.4 Å². The normalized spacial score (nSPS) is 10.6. The molecule has 0 fully saturated rings. The van der Waals surface area contributed by atoms with Gasteiger partial charge in [0.2, 0.25) is 0 Å². The van der Waals surface area contributed by atoms with Crippen molar-refractivity contribution in [1.29, 1.82) is 0 Å². The molecule has 0 saturated heterocycles. The highest BCUT2D eigenvalue weighted by Gasteiger charge is 2.10. The van der Waals surface area contributed by atoms with Crippen LogP contribution in [0.4, 0.5) is 5.82 Å². The molecule has 134 valence electrons. The van der Waals surface area contributed by atoms with E-state index in [1.165, 1.54) is 0 Å². The minimum Gasteiger partial charge on any atom is -0.483 e. The fraction of sp³-hybridized carbons (Fsp3) is 0.200. The van der Waals surface area contributed by atoms with Crippen LogP contribution < -0.4 is 10.1 Å². The Hall–Kier alpha value is -2.60. The van der Waals surface area contributed by atoms with E-state index in [0.717, 1.165) is 26.9 Å². The summed E-state index contributed by atoms with van der Waals surface area (Å²) >= 11 is 3.42. The van der Waals surface area contributed by atoms with Crippen molar-refractivity contribution in [3.8, 4) is 5.75 Å². The Morgan fingerprint density at radius 1 is 1.15 bits per heavy atom. The first kappa shape index (κ1) is 18.2. The van der Waals surface area contributed by atoms with Gasteiger partial charge in [0.15, 0.2) is 6.61 Å². The van der Waals surface area contributed by atoms with Gasteiger partial charge in [-0.15, -0.1) is 0 Å². The van der Waals surface area contributed by atoms with Crippen LogP contribution in [0, 0.1) is 13.8 Å². The summed E-state index contributed by atoms with van der Waals surface area (Å²) < 4.78 is 8.43. The fourth-order valence-electron chi connectivity index (χ4n) is 2.51. The van der Waals surface area contributed by atoms with Gasteiger partial charge in [-0.25, -0.2) is 4.68 Å². The lowest BCUT2D eigenvalue weighted by molar-refractivity contribution is -0.118. The highest BCUT2D eigenvalue weighted by atomic mass is 79.9. The number of aryl methyl sites for hydroxylation is 2. The zero-order chi connectivity index (χ0) is 18.5. The molecule has 2 aromatic carbocycles. The second kappa shape index (κ2) is 8.19.